The number of likely N-dealkylation sites (tertiary alicyclic amines) is 1. The van der Waals surface area contributed by atoms with Crippen molar-refractivity contribution in [3.8, 4) is 0 Å². The fourth-order valence-electron chi connectivity index (χ4n) is 2.81. The summed E-state index contributed by atoms with van der Waals surface area (Å²) in [6.45, 7) is -0.157. The van der Waals surface area contributed by atoms with Crippen LogP contribution in [0.3, 0.4) is 0 Å². The molecule has 1 saturated carbocycles. The van der Waals surface area contributed by atoms with Crippen LogP contribution in [0.5, 0.6) is 0 Å². The van der Waals surface area contributed by atoms with Crippen molar-refractivity contribution in [3.63, 3.8) is 0 Å². The number of hydrogen-bond donors (Lipinski definition) is 1. The highest BCUT2D eigenvalue weighted by Crippen LogP contribution is 2.31. The molecule has 1 aliphatic carbocycles. The van der Waals surface area contributed by atoms with Gasteiger partial charge >= 0.3 is 0 Å². The maximum atomic E-state index is 13.0. The summed E-state index contributed by atoms with van der Waals surface area (Å²) >= 11 is 0. The van der Waals surface area contributed by atoms with Gasteiger partial charge in [0.1, 0.15) is 0 Å². The predicted molar refractivity (Wildman–Crippen MR) is 60.9 cm³/mol. The Kier molecular flexibility index (Phi) is 3.66. The number of halogens is 2. The van der Waals surface area contributed by atoms with Gasteiger partial charge in [-0.1, -0.05) is 0 Å². The lowest BCUT2D eigenvalue weighted by Gasteiger charge is -2.30. The van der Waals surface area contributed by atoms with E-state index in [0.29, 0.717) is 6.04 Å². The van der Waals surface area contributed by atoms with E-state index >= 15 is 0 Å². The normalized spacial score (nSPS) is 32.8. The van der Waals surface area contributed by atoms with Gasteiger partial charge in [0.25, 0.3) is 5.92 Å². The van der Waals surface area contributed by atoms with Crippen LogP contribution in [0.4, 0.5) is 8.78 Å². The molecule has 17 heavy (non-hydrogen) atoms. The minimum absolute atomic E-state index is 0.0338. The van der Waals surface area contributed by atoms with Gasteiger partial charge in [-0.2, -0.15) is 0 Å². The Morgan fingerprint density at radius 2 is 1.94 bits per heavy atom. The molecule has 0 atom stereocenters. The number of hydrogen-bond acceptors (Lipinski definition) is 2. The van der Waals surface area contributed by atoms with Crippen molar-refractivity contribution in [2.24, 2.45) is 5.92 Å². The van der Waals surface area contributed by atoms with E-state index in [-0.39, 0.29) is 31.3 Å². The quantitative estimate of drug-likeness (QED) is 0.803. The molecule has 1 amide bonds. The zero-order valence-electron chi connectivity index (χ0n) is 10.2. The first-order valence-electron chi connectivity index (χ1n) is 6.36. The molecule has 1 saturated heterocycles. The van der Waals surface area contributed by atoms with Gasteiger partial charge in [-0.05, 0) is 32.7 Å². The van der Waals surface area contributed by atoms with Crippen molar-refractivity contribution in [1.29, 1.82) is 0 Å². The lowest BCUT2D eigenvalue weighted by molar-refractivity contribution is -0.137. The van der Waals surface area contributed by atoms with Gasteiger partial charge in [0.15, 0.2) is 0 Å². The Balaban J connectivity index is 1.85. The summed E-state index contributed by atoms with van der Waals surface area (Å²) in [7, 11) is 1.92. The minimum atomic E-state index is -2.67. The average molecular weight is 246 g/mol. The first kappa shape index (κ1) is 12.7. The van der Waals surface area contributed by atoms with E-state index in [0.717, 1.165) is 25.7 Å². The average Bonchev–Trinajstić information content (AvgIpc) is 2.69. The molecule has 0 spiro atoms. The Morgan fingerprint density at radius 3 is 2.41 bits per heavy atom. The Bertz CT molecular complexity index is 288. The van der Waals surface area contributed by atoms with Crippen LogP contribution in [0.2, 0.25) is 0 Å². The molecule has 2 aliphatic rings. The minimum Gasteiger partial charge on any atom is -0.336 e. The number of nitrogens with zero attached hydrogens (tertiary/aromatic N) is 1. The van der Waals surface area contributed by atoms with E-state index in [1.54, 1.807) is 0 Å². The topological polar surface area (TPSA) is 32.3 Å². The van der Waals surface area contributed by atoms with Crippen LogP contribution < -0.4 is 5.32 Å². The molecular formula is C12H20F2N2O. The summed E-state index contributed by atoms with van der Waals surface area (Å²) in [5, 5.41) is 3.20. The van der Waals surface area contributed by atoms with Crippen molar-refractivity contribution in [1.82, 2.24) is 10.2 Å². The van der Waals surface area contributed by atoms with Crippen molar-refractivity contribution < 1.29 is 13.6 Å². The molecule has 0 bridgehead atoms. The van der Waals surface area contributed by atoms with E-state index in [2.05, 4.69) is 5.32 Å². The highest BCUT2D eigenvalue weighted by Gasteiger charge is 2.42. The lowest BCUT2D eigenvalue weighted by Crippen LogP contribution is -2.40. The number of rotatable bonds is 2. The van der Waals surface area contributed by atoms with Crippen LogP contribution >= 0.6 is 0 Å². The van der Waals surface area contributed by atoms with Crippen molar-refractivity contribution in [2.45, 2.75) is 44.1 Å². The molecule has 1 aliphatic heterocycles. The van der Waals surface area contributed by atoms with Crippen LogP contribution in [0.15, 0.2) is 0 Å². The van der Waals surface area contributed by atoms with Gasteiger partial charge in [-0.3, -0.25) is 4.79 Å². The van der Waals surface area contributed by atoms with Crippen LogP contribution in [-0.4, -0.2) is 42.9 Å². The standard InChI is InChI=1S/C12H20F2N2O/c1-15-10-4-2-9(3-5-10)11(17)16-7-6-12(13,14)8-16/h9-10,15H,2-8H2,1H3. The van der Waals surface area contributed by atoms with E-state index in [1.165, 1.54) is 4.90 Å². The number of alkyl halides is 2. The summed E-state index contributed by atoms with van der Waals surface area (Å²) in [4.78, 5) is 13.4. The first-order chi connectivity index (χ1) is 8.02. The van der Waals surface area contributed by atoms with E-state index in [1.807, 2.05) is 7.05 Å². The molecule has 0 unspecified atom stereocenters. The van der Waals surface area contributed by atoms with Gasteiger partial charge in [-0.15, -0.1) is 0 Å². The van der Waals surface area contributed by atoms with E-state index < -0.39 is 5.92 Å². The van der Waals surface area contributed by atoms with Gasteiger partial charge in [0.2, 0.25) is 5.91 Å². The highest BCUT2D eigenvalue weighted by atomic mass is 19.3. The Morgan fingerprint density at radius 1 is 1.29 bits per heavy atom. The van der Waals surface area contributed by atoms with E-state index in [4.69, 9.17) is 0 Å². The number of amides is 1. The van der Waals surface area contributed by atoms with Gasteiger partial charge in [-0.25, -0.2) is 8.78 Å². The third-order valence-electron chi connectivity index (χ3n) is 3.97. The fourth-order valence-corrected chi connectivity index (χ4v) is 2.81. The molecule has 2 rings (SSSR count). The maximum Gasteiger partial charge on any atom is 0.267 e. The van der Waals surface area contributed by atoms with Crippen molar-refractivity contribution in [3.05, 3.63) is 0 Å². The monoisotopic (exact) mass is 246 g/mol. The molecule has 0 aromatic carbocycles. The van der Waals surface area contributed by atoms with Gasteiger partial charge in [0, 0.05) is 24.9 Å². The summed E-state index contributed by atoms with van der Waals surface area (Å²) in [6, 6.07) is 0.485. The molecule has 0 aromatic rings. The van der Waals surface area contributed by atoms with E-state index in [9.17, 15) is 13.6 Å². The summed E-state index contributed by atoms with van der Waals surface area (Å²) in [5.74, 6) is -2.76. The zero-order valence-corrected chi connectivity index (χ0v) is 10.2. The lowest BCUT2D eigenvalue weighted by atomic mass is 9.85. The second kappa shape index (κ2) is 4.88. The SMILES string of the molecule is CNC1CCC(C(=O)N2CCC(F)(F)C2)CC1. The van der Waals surface area contributed by atoms with Crippen LogP contribution in [0.25, 0.3) is 0 Å². The number of nitrogens with one attached hydrogen (secondary N) is 1. The molecule has 1 heterocycles. The Labute approximate surface area is 101 Å². The third kappa shape index (κ3) is 2.94. The largest absolute Gasteiger partial charge is 0.336 e. The van der Waals surface area contributed by atoms with Crippen molar-refractivity contribution in [2.75, 3.05) is 20.1 Å². The highest BCUT2D eigenvalue weighted by molar-refractivity contribution is 5.79. The number of carbonyl (C=O) groups excluding carboxylic acids is 1. The molecule has 1 N–H and O–H groups in total. The zero-order chi connectivity index (χ0) is 12.5. The Hall–Kier alpha value is -0.710. The number of carbonyl (C=O) groups is 1. The maximum absolute atomic E-state index is 13.0. The molecule has 5 heteroatoms. The molecule has 2 fully saturated rings. The van der Waals surface area contributed by atoms with Gasteiger partial charge in [0.05, 0.1) is 6.54 Å². The fraction of sp³-hybridized carbons (Fsp3) is 0.917. The van der Waals surface area contributed by atoms with Crippen LogP contribution in [0, 0.1) is 5.92 Å². The smallest absolute Gasteiger partial charge is 0.267 e. The summed E-state index contributed by atoms with van der Waals surface area (Å²) in [6.07, 6.45) is 3.41. The first-order valence-corrected chi connectivity index (χ1v) is 6.36. The van der Waals surface area contributed by atoms with Crippen LogP contribution in [-0.2, 0) is 4.79 Å². The molecule has 98 valence electrons. The molecular weight excluding hydrogens is 226 g/mol. The predicted octanol–water partition coefficient (Wildman–Crippen LogP) is 1.63. The second-order valence-electron chi connectivity index (χ2n) is 5.20. The molecule has 3 nitrogen and oxygen atoms in total. The molecule has 0 radical (unpaired) electrons. The van der Waals surface area contributed by atoms with Crippen molar-refractivity contribution >= 4 is 5.91 Å². The van der Waals surface area contributed by atoms with Gasteiger partial charge < -0.3 is 10.2 Å². The summed E-state index contributed by atoms with van der Waals surface area (Å²) < 4.78 is 26.1. The second-order valence-corrected chi connectivity index (χ2v) is 5.20. The third-order valence-corrected chi connectivity index (χ3v) is 3.97. The summed E-state index contributed by atoms with van der Waals surface area (Å²) in [5.41, 5.74) is 0. The molecule has 0 aromatic heterocycles. The van der Waals surface area contributed by atoms with Crippen LogP contribution in [0.1, 0.15) is 32.1 Å².